The number of piperidine rings is 1. The fourth-order valence-electron chi connectivity index (χ4n) is 5.99. The summed E-state index contributed by atoms with van der Waals surface area (Å²) < 4.78 is 0. The van der Waals surface area contributed by atoms with Crippen LogP contribution in [0.1, 0.15) is 101 Å². The largest absolute Gasteiger partial charge is 0.351 e. The third-order valence-corrected chi connectivity index (χ3v) is 10.3. The number of benzene rings is 1. The van der Waals surface area contributed by atoms with Gasteiger partial charge >= 0.3 is 0 Å². The second-order valence-corrected chi connectivity index (χ2v) is 14.5. The van der Waals surface area contributed by atoms with Crippen molar-refractivity contribution in [2.45, 2.75) is 70.9 Å². The normalized spacial score (nSPS) is 22.1. The topological polar surface area (TPSA) is 145 Å². The molecule has 0 unspecified atom stereocenters. The van der Waals surface area contributed by atoms with Crippen LogP contribution in [0.3, 0.4) is 0 Å². The Morgan fingerprint density at radius 2 is 1.60 bits per heavy atom. The van der Waals surface area contributed by atoms with Gasteiger partial charge in [-0.25, -0.2) is 9.97 Å². The van der Waals surface area contributed by atoms with E-state index >= 15 is 0 Å². The highest BCUT2D eigenvalue weighted by atomic mass is 32.1. The molecular formula is C34H45N7O4S2. The summed E-state index contributed by atoms with van der Waals surface area (Å²) in [7, 11) is 0. The summed E-state index contributed by atoms with van der Waals surface area (Å²) >= 11 is 2.69. The maximum Gasteiger partial charge on any atom is 0.271 e. The Labute approximate surface area is 284 Å². The van der Waals surface area contributed by atoms with Crippen LogP contribution >= 0.6 is 22.7 Å². The summed E-state index contributed by atoms with van der Waals surface area (Å²) in [5, 5.41) is 17.3. The summed E-state index contributed by atoms with van der Waals surface area (Å²) in [4.78, 5) is 64.4. The van der Waals surface area contributed by atoms with Gasteiger partial charge < -0.3 is 26.2 Å². The minimum absolute atomic E-state index is 0.0789. The van der Waals surface area contributed by atoms with Gasteiger partial charge in [0.1, 0.15) is 21.4 Å². The van der Waals surface area contributed by atoms with Gasteiger partial charge in [-0.15, -0.1) is 22.7 Å². The Morgan fingerprint density at radius 1 is 0.894 bits per heavy atom. The van der Waals surface area contributed by atoms with E-state index < -0.39 is 6.04 Å². The molecule has 1 aromatic carbocycles. The van der Waals surface area contributed by atoms with Crippen molar-refractivity contribution in [3.05, 3.63) is 68.1 Å². The highest BCUT2D eigenvalue weighted by molar-refractivity contribution is 7.10. The second kappa shape index (κ2) is 16.9. The first-order chi connectivity index (χ1) is 22.8. The zero-order chi connectivity index (χ0) is 33.2. The predicted molar refractivity (Wildman–Crippen MR) is 183 cm³/mol. The lowest BCUT2D eigenvalue weighted by Gasteiger charge is -2.30. The van der Waals surface area contributed by atoms with Gasteiger partial charge in [0, 0.05) is 43.4 Å². The van der Waals surface area contributed by atoms with Gasteiger partial charge in [-0.2, -0.15) is 0 Å². The molecule has 3 atom stereocenters. The molecule has 2 aromatic heterocycles. The van der Waals surface area contributed by atoms with Crippen LogP contribution in [0.4, 0.5) is 0 Å². The molecule has 0 radical (unpaired) electrons. The van der Waals surface area contributed by atoms with E-state index in [1.54, 1.807) is 10.8 Å². The summed E-state index contributed by atoms with van der Waals surface area (Å²) in [6.07, 6.45) is 4.35. The Balaban J connectivity index is 1.39. The quantitative estimate of drug-likeness (QED) is 0.316. The molecule has 0 saturated carbocycles. The lowest BCUT2D eigenvalue weighted by molar-refractivity contribution is -0.136. The molecule has 2 aliphatic rings. The summed E-state index contributed by atoms with van der Waals surface area (Å²) in [5.41, 5.74) is 1.59. The van der Waals surface area contributed by atoms with Crippen molar-refractivity contribution in [1.29, 1.82) is 0 Å². The lowest BCUT2D eigenvalue weighted by atomic mass is 9.98. The Hall–Kier alpha value is -3.68. The van der Waals surface area contributed by atoms with Crippen molar-refractivity contribution in [3.8, 4) is 0 Å². The molecule has 47 heavy (non-hydrogen) atoms. The number of carbonyl (C=O) groups excluding carboxylic acids is 4. The van der Waals surface area contributed by atoms with Gasteiger partial charge in [-0.1, -0.05) is 44.2 Å². The van der Waals surface area contributed by atoms with Crippen LogP contribution in [0.5, 0.6) is 0 Å². The van der Waals surface area contributed by atoms with E-state index in [0.29, 0.717) is 73.5 Å². The van der Waals surface area contributed by atoms with E-state index in [1.165, 1.54) is 22.7 Å². The highest BCUT2D eigenvalue weighted by Gasteiger charge is 2.28. The first-order valence-corrected chi connectivity index (χ1v) is 18.4. The molecular weight excluding hydrogens is 635 g/mol. The molecule has 13 heteroatoms. The summed E-state index contributed by atoms with van der Waals surface area (Å²) in [5.74, 6) is -0.434. The molecule has 5 rings (SSSR count). The first kappa shape index (κ1) is 34.6. The fourth-order valence-corrected chi connectivity index (χ4v) is 7.70. The minimum atomic E-state index is -0.476. The third kappa shape index (κ3) is 9.91. The molecule has 3 aromatic rings. The van der Waals surface area contributed by atoms with Crippen LogP contribution < -0.4 is 21.3 Å². The van der Waals surface area contributed by atoms with Gasteiger partial charge in [0.05, 0.1) is 18.0 Å². The highest BCUT2D eigenvalue weighted by Crippen LogP contribution is 2.27. The van der Waals surface area contributed by atoms with Crippen LogP contribution in [0, 0.1) is 11.8 Å². The molecule has 4 heterocycles. The van der Waals surface area contributed by atoms with E-state index in [2.05, 4.69) is 45.1 Å². The van der Waals surface area contributed by atoms with Gasteiger partial charge in [-0.05, 0) is 56.6 Å². The van der Waals surface area contributed by atoms with Crippen LogP contribution in [0.25, 0.3) is 0 Å². The molecule has 0 spiro atoms. The van der Waals surface area contributed by atoms with Crippen LogP contribution in [-0.4, -0.2) is 71.2 Å². The number of nitrogens with one attached hydrogen (secondary N) is 4. The number of amides is 4. The number of hydrogen-bond donors (Lipinski definition) is 4. The molecule has 1 fully saturated rings. The van der Waals surface area contributed by atoms with Crippen LogP contribution in [0.2, 0.25) is 0 Å². The van der Waals surface area contributed by atoms with Gasteiger partial charge in [-0.3, -0.25) is 19.2 Å². The number of carbonyl (C=O) groups is 4. The average molecular weight is 680 g/mol. The third-order valence-electron chi connectivity index (χ3n) is 8.42. The van der Waals surface area contributed by atoms with Crippen molar-refractivity contribution in [1.82, 2.24) is 36.1 Å². The second-order valence-electron chi connectivity index (χ2n) is 12.7. The van der Waals surface area contributed by atoms with Crippen molar-refractivity contribution < 1.29 is 19.2 Å². The first-order valence-electron chi connectivity index (χ1n) is 16.6. The lowest BCUT2D eigenvalue weighted by Crippen LogP contribution is -2.44. The number of nitrogens with zero attached hydrogens (tertiary/aromatic N) is 3. The zero-order valence-corrected chi connectivity index (χ0v) is 28.8. The predicted octanol–water partition coefficient (Wildman–Crippen LogP) is 4.26. The molecule has 4 N–H and O–H groups in total. The maximum atomic E-state index is 13.5. The molecule has 1 saturated heterocycles. The number of fused-ring (bicyclic) bond motifs is 4. The number of hydrogen-bond acceptors (Lipinski definition) is 9. The smallest absolute Gasteiger partial charge is 0.271 e. The Morgan fingerprint density at radius 3 is 2.30 bits per heavy atom. The van der Waals surface area contributed by atoms with E-state index in [1.807, 2.05) is 35.2 Å². The molecule has 0 aliphatic carbocycles. The number of thiazole rings is 2. The van der Waals surface area contributed by atoms with E-state index in [4.69, 9.17) is 0 Å². The van der Waals surface area contributed by atoms with Crippen molar-refractivity contribution in [2.24, 2.45) is 11.8 Å². The van der Waals surface area contributed by atoms with E-state index in [-0.39, 0.29) is 47.7 Å². The monoisotopic (exact) mass is 679 g/mol. The number of rotatable bonds is 5. The molecule has 252 valence electrons. The maximum absolute atomic E-state index is 13.5. The van der Waals surface area contributed by atoms with Crippen LogP contribution in [-0.2, 0) is 16.0 Å². The molecule has 4 amide bonds. The number of aromatic nitrogens is 2. The van der Waals surface area contributed by atoms with E-state index in [0.717, 1.165) is 24.9 Å². The van der Waals surface area contributed by atoms with Crippen molar-refractivity contribution in [2.75, 3.05) is 32.7 Å². The van der Waals surface area contributed by atoms with Gasteiger partial charge in [0.2, 0.25) is 11.8 Å². The van der Waals surface area contributed by atoms with E-state index in [9.17, 15) is 19.2 Å². The summed E-state index contributed by atoms with van der Waals surface area (Å²) in [6, 6.07) is 9.02. The molecule has 11 nitrogen and oxygen atoms in total. The summed E-state index contributed by atoms with van der Waals surface area (Å²) in [6.45, 7) is 7.09. The average Bonchev–Trinajstić information content (AvgIpc) is 3.77. The Bertz CT molecular complexity index is 1500. The SMILES string of the molecule is CC(C)C[C@@H]1NC(=O)CCCN(C(=O)[C@@H]2CCCNC2)CCCNC(=O)c2csc(n2)[C@H](Cc2ccccc2)NC(=O)c2csc1n2. The molecule has 2 aliphatic heterocycles. The van der Waals surface area contributed by atoms with Gasteiger partial charge in [0.15, 0.2) is 0 Å². The van der Waals surface area contributed by atoms with Crippen molar-refractivity contribution >= 4 is 46.3 Å². The fraction of sp³-hybridized carbons (Fsp3) is 0.529. The van der Waals surface area contributed by atoms with Crippen molar-refractivity contribution in [3.63, 3.8) is 0 Å². The molecule has 4 bridgehead atoms. The van der Waals surface area contributed by atoms with Gasteiger partial charge in [0.25, 0.3) is 11.8 Å². The Kier molecular flexibility index (Phi) is 12.5. The van der Waals surface area contributed by atoms with Crippen LogP contribution in [0.15, 0.2) is 41.1 Å². The minimum Gasteiger partial charge on any atom is -0.351 e. The standard InChI is InChI=1S/C34H45N7O4S2/c1-22(2)17-25-32-40-28(21-47-32)31(44)38-26(18-23-9-4-3-5-10-23)33-39-27(20-46-33)30(43)36-14-8-16-41(15-7-12-29(42)37-25)34(45)24-11-6-13-35-19-24/h3-5,9-10,20-22,24-26,35H,6-8,11-19H2,1-2H3,(H,36,43)(H,37,42)(H,38,44)/t24-,25+,26+/m1/s1. The zero-order valence-electron chi connectivity index (χ0n) is 27.1.